The smallest absolute Gasteiger partial charge is 0.240 e. The van der Waals surface area contributed by atoms with Crippen molar-refractivity contribution in [3.8, 4) is 0 Å². The summed E-state index contributed by atoms with van der Waals surface area (Å²) in [5.74, 6) is -0.122. The number of amides is 1. The Morgan fingerprint density at radius 2 is 2.29 bits per heavy atom. The first-order chi connectivity index (χ1) is 10.1. The highest BCUT2D eigenvalue weighted by atomic mass is 35.5. The molecule has 0 radical (unpaired) electrons. The molecule has 1 heterocycles. The Hall–Kier alpha value is -1.56. The number of benzene rings is 1. The first kappa shape index (κ1) is 15.8. The quantitative estimate of drug-likeness (QED) is 0.820. The van der Waals surface area contributed by atoms with Crippen molar-refractivity contribution >= 4 is 28.4 Å². The minimum Gasteiger partial charge on any atom is -0.396 e. The van der Waals surface area contributed by atoms with Crippen LogP contribution in [-0.2, 0) is 16.1 Å². The van der Waals surface area contributed by atoms with Crippen LogP contribution in [0.5, 0.6) is 0 Å². The van der Waals surface area contributed by atoms with Gasteiger partial charge >= 0.3 is 0 Å². The van der Waals surface area contributed by atoms with E-state index in [0.717, 1.165) is 10.9 Å². The monoisotopic (exact) mass is 310 g/mol. The van der Waals surface area contributed by atoms with Crippen molar-refractivity contribution in [3.63, 3.8) is 0 Å². The van der Waals surface area contributed by atoms with Crippen molar-refractivity contribution in [3.05, 3.63) is 35.5 Å². The number of methoxy groups -OCH3 is 1. The summed E-state index contributed by atoms with van der Waals surface area (Å²) >= 11 is 5.99. The van der Waals surface area contributed by atoms with Crippen LogP contribution in [0.2, 0.25) is 5.02 Å². The molecule has 1 aromatic carbocycles. The molecule has 0 saturated heterocycles. The molecule has 1 unspecified atom stereocenters. The van der Waals surface area contributed by atoms with E-state index < -0.39 is 0 Å². The van der Waals surface area contributed by atoms with Crippen LogP contribution in [0.3, 0.4) is 0 Å². The van der Waals surface area contributed by atoms with Gasteiger partial charge in [0.1, 0.15) is 6.54 Å². The Morgan fingerprint density at radius 3 is 3.00 bits per heavy atom. The molecule has 0 aliphatic carbocycles. The highest BCUT2D eigenvalue weighted by Gasteiger charge is 2.13. The number of carbonyl (C=O) groups excluding carboxylic acids is 1. The molecule has 0 bridgehead atoms. The van der Waals surface area contributed by atoms with E-state index in [1.165, 1.54) is 0 Å². The number of nitrogens with one attached hydrogen (secondary N) is 1. The zero-order valence-electron chi connectivity index (χ0n) is 11.9. The number of rotatable bonds is 7. The topological polar surface area (TPSA) is 63.5 Å². The fraction of sp³-hybridized carbons (Fsp3) is 0.400. The molecular weight excluding hydrogens is 292 g/mol. The van der Waals surface area contributed by atoms with Gasteiger partial charge in [-0.05, 0) is 30.0 Å². The lowest BCUT2D eigenvalue weighted by molar-refractivity contribution is -0.122. The molecule has 0 aliphatic rings. The molecule has 1 aromatic heterocycles. The van der Waals surface area contributed by atoms with E-state index >= 15 is 0 Å². The Kier molecular flexibility index (Phi) is 5.61. The van der Waals surface area contributed by atoms with E-state index in [4.69, 9.17) is 21.4 Å². The largest absolute Gasteiger partial charge is 0.396 e. The molecule has 0 spiro atoms. The van der Waals surface area contributed by atoms with Gasteiger partial charge in [0, 0.05) is 30.5 Å². The van der Waals surface area contributed by atoms with Crippen molar-refractivity contribution in [2.45, 2.75) is 19.0 Å². The maximum absolute atomic E-state index is 12.1. The highest BCUT2D eigenvalue weighted by molar-refractivity contribution is 6.31. The number of aliphatic hydroxyl groups is 1. The van der Waals surface area contributed by atoms with Crippen molar-refractivity contribution in [2.75, 3.05) is 20.3 Å². The molecule has 5 nitrogen and oxygen atoms in total. The number of aromatic nitrogens is 1. The summed E-state index contributed by atoms with van der Waals surface area (Å²) in [6.45, 7) is 0.594. The lowest BCUT2D eigenvalue weighted by atomic mass is 10.2. The van der Waals surface area contributed by atoms with Gasteiger partial charge in [-0.2, -0.15) is 0 Å². The third-order valence-electron chi connectivity index (χ3n) is 3.26. The zero-order valence-corrected chi connectivity index (χ0v) is 12.6. The minimum absolute atomic E-state index is 0.0103. The zero-order chi connectivity index (χ0) is 15.2. The number of halogens is 1. The second-order valence-corrected chi connectivity index (χ2v) is 5.32. The molecule has 1 atom stereocenters. The Bertz CT molecular complexity index is 606. The summed E-state index contributed by atoms with van der Waals surface area (Å²) in [5.41, 5.74) is 0.920. The molecule has 2 rings (SSSR count). The SMILES string of the molecule is COCC(CCO)NC(=O)Cn1ccc2ccc(Cl)cc21. The Labute approximate surface area is 128 Å². The average Bonchev–Trinajstić information content (AvgIpc) is 2.82. The highest BCUT2D eigenvalue weighted by Crippen LogP contribution is 2.20. The number of nitrogens with zero attached hydrogens (tertiary/aromatic N) is 1. The predicted molar refractivity (Wildman–Crippen MR) is 82.5 cm³/mol. The van der Waals surface area contributed by atoms with Crippen LogP contribution in [0.25, 0.3) is 10.9 Å². The first-order valence-corrected chi connectivity index (χ1v) is 7.15. The molecule has 2 N–H and O–H groups in total. The second-order valence-electron chi connectivity index (χ2n) is 4.88. The minimum atomic E-state index is -0.182. The number of fused-ring (bicyclic) bond motifs is 1. The van der Waals surface area contributed by atoms with E-state index in [1.807, 2.05) is 35.0 Å². The standard InChI is InChI=1S/C15H19ClN2O3/c1-21-10-13(5-7-19)17-15(20)9-18-6-4-11-2-3-12(16)8-14(11)18/h2-4,6,8,13,19H,5,7,9-10H2,1H3,(H,17,20). The van der Waals surface area contributed by atoms with Gasteiger partial charge in [-0.1, -0.05) is 17.7 Å². The number of hydrogen-bond acceptors (Lipinski definition) is 3. The molecule has 114 valence electrons. The number of ether oxygens (including phenoxy) is 1. The Morgan fingerprint density at radius 1 is 1.48 bits per heavy atom. The van der Waals surface area contributed by atoms with Crippen molar-refractivity contribution in [1.29, 1.82) is 0 Å². The summed E-state index contributed by atoms with van der Waals surface area (Å²) in [5, 5.41) is 13.5. The molecule has 1 amide bonds. The maximum Gasteiger partial charge on any atom is 0.240 e. The van der Waals surface area contributed by atoms with E-state index in [9.17, 15) is 4.79 Å². The second kappa shape index (κ2) is 7.45. The van der Waals surface area contributed by atoms with Crippen LogP contribution in [0.1, 0.15) is 6.42 Å². The lowest BCUT2D eigenvalue weighted by Crippen LogP contribution is -2.40. The maximum atomic E-state index is 12.1. The molecular formula is C15H19ClN2O3. The van der Waals surface area contributed by atoms with Gasteiger partial charge in [0.05, 0.1) is 12.6 Å². The normalized spacial score (nSPS) is 12.5. The van der Waals surface area contributed by atoms with Gasteiger partial charge < -0.3 is 19.7 Å². The molecule has 0 fully saturated rings. The first-order valence-electron chi connectivity index (χ1n) is 6.77. The van der Waals surface area contributed by atoms with Gasteiger partial charge in [0.2, 0.25) is 5.91 Å². The van der Waals surface area contributed by atoms with Crippen LogP contribution in [0.4, 0.5) is 0 Å². The van der Waals surface area contributed by atoms with Gasteiger partial charge in [0.25, 0.3) is 0 Å². The number of aliphatic hydroxyl groups excluding tert-OH is 1. The molecule has 2 aromatic rings. The van der Waals surface area contributed by atoms with E-state index in [2.05, 4.69) is 5.32 Å². The molecule has 0 aliphatic heterocycles. The van der Waals surface area contributed by atoms with Crippen LogP contribution in [-0.4, -0.2) is 41.9 Å². The Balaban J connectivity index is 2.05. The summed E-state index contributed by atoms with van der Waals surface area (Å²) in [4.78, 5) is 12.1. The van der Waals surface area contributed by atoms with Crippen molar-refractivity contribution < 1.29 is 14.6 Å². The van der Waals surface area contributed by atoms with E-state index in [-0.39, 0.29) is 25.1 Å². The summed E-state index contributed by atoms with van der Waals surface area (Å²) in [7, 11) is 1.57. The van der Waals surface area contributed by atoms with Gasteiger partial charge in [-0.15, -0.1) is 0 Å². The number of hydrogen-bond donors (Lipinski definition) is 2. The fourth-order valence-electron chi connectivity index (χ4n) is 2.28. The van der Waals surface area contributed by atoms with Crippen LogP contribution >= 0.6 is 11.6 Å². The fourth-order valence-corrected chi connectivity index (χ4v) is 2.44. The van der Waals surface area contributed by atoms with Crippen molar-refractivity contribution in [1.82, 2.24) is 9.88 Å². The van der Waals surface area contributed by atoms with E-state index in [1.54, 1.807) is 7.11 Å². The molecule has 0 saturated carbocycles. The van der Waals surface area contributed by atoms with Crippen LogP contribution in [0.15, 0.2) is 30.5 Å². The van der Waals surface area contributed by atoms with Crippen LogP contribution in [0, 0.1) is 0 Å². The lowest BCUT2D eigenvalue weighted by Gasteiger charge is -2.17. The van der Waals surface area contributed by atoms with E-state index in [0.29, 0.717) is 18.1 Å². The summed E-state index contributed by atoms with van der Waals surface area (Å²) in [6, 6.07) is 7.34. The third-order valence-corrected chi connectivity index (χ3v) is 3.50. The number of carbonyl (C=O) groups is 1. The van der Waals surface area contributed by atoms with Crippen LogP contribution < -0.4 is 5.32 Å². The van der Waals surface area contributed by atoms with Gasteiger partial charge in [-0.25, -0.2) is 0 Å². The third kappa shape index (κ3) is 4.20. The van der Waals surface area contributed by atoms with Gasteiger partial charge in [0.15, 0.2) is 0 Å². The predicted octanol–water partition coefficient (Wildman–Crippen LogP) is 1.81. The molecule has 21 heavy (non-hydrogen) atoms. The summed E-state index contributed by atoms with van der Waals surface area (Å²) < 4.78 is 6.88. The average molecular weight is 311 g/mol. The summed E-state index contributed by atoms with van der Waals surface area (Å²) in [6.07, 6.45) is 2.33. The van der Waals surface area contributed by atoms with Crippen molar-refractivity contribution in [2.24, 2.45) is 0 Å². The van der Waals surface area contributed by atoms with Gasteiger partial charge in [-0.3, -0.25) is 4.79 Å². The molecule has 6 heteroatoms.